The average Bonchev–Trinajstić information content (AvgIpc) is 2.41. The number of hydrogen-bond acceptors (Lipinski definition) is 3. The standard InChI is InChI=1S/C14H20BF3O3/c1-2-3-4-5-6-9-21-13-8-7-11(15(19)20)10-12(13)14(16,17)18/h7-8,10,19-20H,2-6,9H2,1H3. The zero-order valence-electron chi connectivity index (χ0n) is 12.0. The van der Waals surface area contributed by atoms with Gasteiger partial charge in [-0.2, -0.15) is 13.2 Å². The summed E-state index contributed by atoms with van der Waals surface area (Å²) in [5.74, 6) is -0.276. The summed E-state index contributed by atoms with van der Waals surface area (Å²) in [6.45, 7) is 2.30. The molecule has 0 saturated heterocycles. The fourth-order valence-electron chi connectivity index (χ4n) is 1.94. The number of rotatable bonds is 8. The smallest absolute Gasteiger partial charge is 0.488 e. The minimum Gasteiger partial charge on any atom is -0.493 e. The molecule has 0 aromatic heterocycles. The first-order valence-corrected chi connectivity index (χ1v) is 7.06. The molecule has 1 rings (SSSR count). The highest BCUT2D eigenvalue weighted by Crippen LogP contribution is 2.35. The molecule has 7 heteroatoms. The number of benzene rings is 1. The van der Waals surface area contributed by atoms with Crippen LogP contribution in [0.1, 0.15) is 44.6 Å². The summed E-state index contributed by atoms with van der Waals surface area (Å²) in [4.78, 5) is 0. The first kappa shape index (κ1) is 17.8. The number of halogens is 3. The van der Waals surface area contributed by atoms with Crippen molar-refractivity contribution in [2.75, 3.05) is 6.61 Å². The van der Waals surface area contributed by atoms with Gasteiger partial charge in [0.15, 0.2) is 0 Å². The molecule has 118 valence electrons. The van der Waals surface area contributed by atoms with E-state index in [9.17, 15) is 13.2 Å². The predicted molar refractivity (Wildman–Crippen MR) is 75.5 cm³/mol. The van der Waals surface area contributed by atoms with E-state index in [4.69, 9.17) is 14.8 Å². The van der Waals surface area contributed by atoms with E-state index in [1.165, 1.54) is 6.07 Å². The van der Waals surface area contributed by atoms with Gasteiger partial charge in [-0.05, 0) is 24.0 Å². The van der Waals surface area contributed by atoms with Gasteiger partial charge in [0.1, 0.15) is 5.75 Å². The molecule has 0 bridgehead atoms. The summed E-state index contributed by atoms with van der Waals surface area (Å²) < 4.78 is 44.0. The fraction of sp³-hybridized carbons (Fsp3) is 0.571. The van der Waals surface area contributed by atoms with Gasteiger partial charge >= 0.3 is 13.3 Å². The van der Waals surface area contributed by atoms with E-state index in [0.717, 1.165) is 31.7 Å². The Morgan fingerprint density at radius 2 is 1.76 bits per heavy atom. The van der Waals surface area contributed by atoms with E-state index in [0.29, 0.717) is 12.5 Å². The number of alkyl halides is 3. The molecule has 0 heterocycles. The van der Waals surface area contributed by atoms with E-state index in [2.05, 4.69) is 6.92 Å². The lowest BCUT2D eigenvalue weighted by Gasteiger charge is -2.15. The second kappa shape index (κ2) is 8.29. The van der Waals surface area contributed by atoms with Crippen LogP contribution in [0.4, 0.5) is 13.2 Å². The lowest BCUT2D eigenvalue weighted by atomic mass is 9.79. The highest BCUT2D eigenvalue weighted by Gasteiger charge is 2.35. The lowest BCUT2D eigenvalue weighted by Crippen LogP contribution is -2.31. The van der Waals surface area contributed by atoms with Crippen LogP contribution in [-0.4, -0.2) is 23.8 Å². The minimum atomic E-state index is -4.59. The zero-order chi connectivity index (χ0) is 15.9. The summed E-state index contributed by atoms with van der Waals surface area (Å²) in [5.41, 5.74) is -1.20. The molecule has 21 heavy (non-hydrogen) atoms. The van der Waals surface area contributed by atoms with Crippen LogP contribution in [0.25, 0.3) is 0 Å². The van der Waals surface area contributed by atoms with Crippen molar-refractivity contribution in [1.82, 2.24) is 0 Å². The Kier molecular flexibility index (Phi) is 7.04. The third-order valence-corrected chi connectivity index (χ3v) is 3.11. The molecule has 0 fully saturated rings. The normalized spacial score (nSPS) is 11.5. The van der Waals surface area contributed by atoms with Crippen LogP contribution in [0.3, 0.4) is 0 Å². The van der Waals surface area contributed by atoms with Crippen LogP contribution in [0, 0.1) is 0 Å². The first-order chi connectivity index (χ1) is 9.86. The fourth-order valence-corrected chi connectivity index (χ4v) is 1.94. The van der Waals surface area contributed by atoms with Gasteiger partial charge in [-0.3, -0.25) is 0 Å². The van der Waals surface area contributed by atoms with Crippen molar-refractivity contribution in [2.24, 2.45) is 0 Å². The van der Waals surface area contributed by atoms with Crippen LogP contribution in [-0.2, 0) is 6.18 Å². The van der Waals surface area contributed by atoms with Gasteiger partial charge < -0.3 is 14.8 Å². The van der Waals surface area contributed by atoms with E-state index in [-0.39, 0.29) is 17.8 Å². The molecule has 0 saturated carbocycles. The van der Waals surface area contributed by atoms with Crippen LogP contribution in [0.15, 0.2) is 18.2 Å². The number of hydrogen-bond donors (Lipinski definition) is 2. The average molecular weight is 304 g/mol. The quantitative estimate of drug-likeness (QED) is 0.573. The maximum absolute atomic E-state index is 12.9. The van der Waals surface area contributed by atoms with Gasteiger partial charge in [0, 0.05) is 0 Å². The SMILES string of the molecule is CCCCCCCOc1ccc(B(O)O)cc1C(F)(F)F. The molecule has 0 atom stereocenters. The molecule has 0 unspecified atom stereocenters. The Labute approximate surface area is 122 Å². The number of ether oxygens (including phenoxy) is 1. The molecule has 2 N–H and O–H groups in total. The van der Waals surface area contributed by atoms with Crippen LogP contribution < -0.4 is 10.2 Å². The van der Waals surface area contributed by atoms with Crippen molar-refractivity contribution in [1.29, 1.82) is 0 Å². The van der Waals surface area contributed by atoms with Crippen LogP contribution in [0.5, 0.6) is 5.75 Å². The maximum atomic E-state index is 12.9. The molecule has 3 nitrogen and oxygen atoms in total. The summed E-state index contributed by atoms with van der Waals surface area (Å²) in [7, 11) is -1.94. The molecule has 1 aromatic rings. The van der Waals surface area contributed by atoms with Gasteiger partial charge in [-0.15, -0.1) is 0 Å². The highest BCUT2D eigenvalue weighted by atomic mass is 19.4. The van der Waals surface area contributed by atoms with Gasteiger partial charge in [0.05, 0.1) is 12.2 Å². The van der Waals surface area contributed by atoms with E-state index >= 15 is 0 Å². The van der Waals surface area contributed by atoms with Gasteiger partial charge in [0.2, 0.25) is 0 Å². The first-order valence-electron chi connectivity index (χ1n) is 7.06. The zero-order valence-corrected chi connectivity index (χ0v) is 12.0. The Hall–Kier alpha value is -1.21. The lowest BCUT2D eigenvalue weighted by molar-refractivity contribution is -0.138. The van der Waals surface area contributed by atoms with E-state index in [1.807, 2.05) is 0 Å². The predicted octanol–water partition coefficient (Wildman–Crippen LogP) is 2.73. The molecule has 0 radical (unpaired) electrons. The summed E-state index contributed by atoms with van der Waals surface area (Å²) in [6, 6.07) is 3.05. The van der Waals surface area contributed by atoms with Crippen molar-refractivity contribution in [2.45, 2.75) is 45.2 Å². The molecule has 1 aromatic carbocycles. The second-order valence-electron chi connectivity index (χ2n) is 4.89. The molecule has 0 aliphatic carbocycles. The van der Waals surface area contributed by atoms with E-state index in [1.54, 1.807) is 0 Å². The molecule has 0 aliphatic rings. The number of unbranched alkanes of at least 4 members (excludes halogenated alkanes) is 4. The summed E-state index contributed by atoms with van der Waals surface area (Å²) in [6.07, 6.45) is 0.273. The minimum absolute atomic E-state index is 0.211. The largest absolute Gasteiger partial charge is 0.493 e. The van der Waals surface area contributed by atoms with Crippen LogP contribution >= 0.6 is 0 Å². The Morgan fingerprint density at radius 1 is 1.10 bits per heavy atom. The van der Waals surface area contributed by atoms with Crippen molar-refractivity contribution < 1.29 is 28.0 Å². The third-order valence-electron chi connectivity index (χ3n) is 3.11. The summed E-state index contributed by atoms with van der Waals surface area (Å²) >= 11 is 0. The van der Waals surface area contributed by atoms with Gasteiger partial charge in [-0.1, -0.05) is 38.7 Å². The Morgan fingerprint density at radius 3 is 2.33 bits per heavy atom. The topological polar surface area (TPSA) is 49.7 Å². The molecular weight excluding hydrogens is 284 g/mol. The van der Waals surface area contributed by atoms with Crippen molar-refractivity contribution in [3.63, 3.8) is 0 Å². The van der Waals surface area contributed by atoms with Crippen LogP contribution in [0.2, 0.25) is 0 Å². The monoisotopic (exact) mass is 304 g/mol. The van der Waals surface area contributed by atoms with E-state index < -0.39 is 18.9 Å². The van der Waals surface area contributed by atoms with Gasteiger partial charge in [0.25, 0.3) is 0 Å². The molecule has 0 amide bonds. The van der Waals surface area contributed by atoms with Gasteiger partial charge in [-0.25, -0.2) is 0 Å². The second-order valence-corrected chi connectivity index (χ2v) is 4.89. The van der Waals surface area contributed by atoms with Crippen molar-refractivity contribution in [3.8, 4) is 5.75 Å². The summed E-state index contributed by atoms with van der Waals surface area (Å²) in [5, 5.41) is 17.9. The Balaban J connectivity index is 2.68. The Bertz CT molecular complexity index is 436. The highest BCUT2D eigenvalue weighted by molar-refractivity contribution is 6.58. The molecular formula is C14H20BF3O3. The molecule has 0 aliphatic heterocycles. The molecule has 0 spiro atoms. The third kappa shape index (κ3) is 5.97. The van der Waals surface area contributed by atoms with Crippen molar-refractivity contribution in [3.05, 3.63) is 23.8 Å². The van der Waals surface area contributed by atoms with Crippen molar-refractivity contribution >= 4 is 12.6 Å². The maximum Gasteiger partial charge on any atom is 0.488 e.